The zero-order valence-corrected chi connectivity index (χ0v) is 8.73. The second kappa shape index (κ2) is 4.59. The van der Waals surface area contributed by atoms with Crippen LogP contribution in [0.5, 0.6) is 0 Å². The number of carbonyl (C=O) groups is 1. The normalized spacial score (nSPS) is 9.81. The first-order valence-corrected chi connectivity index (χ1v) is 5.05. The molecule has 0 atom stereocenters. The van der Waals surface area contributed by atoms with Crippen molar-refractivity contribution >= 4 is 28.2 Å². The molecule has 0 saturated carbocycles. The Kier molecular flexibility index (Phi) is 2.98. The van der Waals surface area contributed by atoms with Gasteiger partial charge in [0.05, 0.1) is 0 Å². The fourth-order valence-corrected chi connectivity index (χ4v) is 1.36. The van der Waals surface area contributed by atoms with Gasteiger partial charge in [0.2, 0.25) is 5.13 Å². The number of hydrazine groups is 1. The van der Waals surface area contributed by atoms with Crippen molar-refractivity contribution in [3.8, 4) is 0 Å². The first-order valence-electron chi connectivity index (χ1n) is 4.17. The lowest BCUT2D eigenvalue weighted by Crippen LogP contribution is -2.15. The summed E-state index contributed by atoms with van der Waals surface area (Å²) >= 11 is 1.22. The Balaban J connectivity index is 2.09. The predicted molar refractivity (Wildman–Crippen MR) is 57.7 cm³/mol. The van der Waals surface area contributed by atoms with Gasteiger partial charge in [0.1, 0.15) is 5.51 Å². The molecule has 0 unspecified atom stereocenters. The van der Waals surface area contributed by atoms with Crippen LogP contribution in [0.15, 0.2) is 17.6 Å². The largest absolute Gasteiger partial charge is 0.307 e. The van der Waals surface area contributed by atoms with Crippen molar-refractivity contribution < 1.29 is 4.79 Å². The number of nitrogens with zero attached hydrogens (tertiary/aromatic N) is 4. The van der Waals surface area contributed by atoms with Crippen molar-refractivity contribution in [1.82, 2.24) is 20.4 Å². The van der Waals surface area contributed by atoms with Gasteiger partial charge in [-0.15, -0.1) is 20.4 Å². The molecule has 4 N–H and O–H groups in total. The number of hydrogen-bond donors (Lipinski definition) is 3. The van der Waals surface area contributed by atoms with E-state index in [4.69, 9.17) is 5.84 Å². The van der Waals surface area contributed by atoms with Gasteiger partial charge in [-0.1, -0.05) is 11.3 Å². The van der Waals surface area contributed by atoms with E-state index in [-0.39, 0.29) is 5.69 Å². The van der Waals surface area contributed by atoms with E-state index in [2.05, 4.69) is 31.1 Å². The van der Waals surface area contributed by atoms with Gasteiger partial charge < -0.3 is 5.43 Å². The maximum atomic E-state index is 11.6. The third-order valence-corrected chi connectivity index (χ3v) is 2.23. The number of nitrogens with two attached hydrogens (primary N) is 1. The van der Waals surface area contributed by atoms with Crippen LogP contribution < -0.4 is 16.6 Å². The van der Waals surface area contributed by atoms with Crippen molar-refractivity contribution in [2.75, 3.05) is 10.7 Å². The van der Waals surface area contributed by atoms with Crippen molar-refractivity contribution in [3.63, 3.8) is 0 Å². The number of anilines is 2. The highest BCUT2D eigenvalue weighted by Crippen LogP contribution is 2.09. The monoisotopic (exact) mass is 237 g/mol. The van der Waals surface area contributed by atoms with E-state index < -0.39 is 5.91 Å². The molecule has 0 bridgehead atoms. The molecular formula is C7H7N7OS. The summed E-state index contributed by atoms with van der Waals surface area (Å²) in [5.41, 5.74) is 4.00. The molecule has 2 aromatic heterocycles. The molecule has 0 saturated heterocycles. The van der Waals surface area contributed by atoms with Crippen LogP contribution >= 0.6 is 11.3 Å². The van der Waals surface area contributed by atoms with Gasteiger partial charge in [-0.25, -0.2) is 5.84 Å². The van der Waals surface area contributed by atoms with Crippen LogP contribution in [0.1, 0.15) is 10.5 Å². The molecule has 0 fully saturated rings. The van der Waals surface area contributed by atoms with E-state index >= 15 is 0 Å². The standard InChI is InChI=1S/C7H7N7OS/c8-11-5-2-1-4(12-13-5)6(15)10-7-14-9-3-16-7/h1-3H,8H2,(H,11,13)(H,10,14,15). The molecular weight excluding hydrogens is 230 g/mol. The van der Waals surface area contributed by atoms with Gasteiger partial charge in [-0.05, 0) is 12.1 Å². The van der Waals surface area contributed by atoms with Crippen LogP contribution in [0, 0.1) is 0 Å². The Morgan fingerprint density at radius 3 is 2.75 bits per heavy atom. The summed E-state index contributed by atoms with van der Waals surface area (Å²) in [6.07, 6.45) is 0. The van der Waals surface area contributed by atoms with Crippen LogP contribution in [-0.4, -0.2) is 26.3 Å². The lowest BCUT2D eigenvalue weighted by atomic mass is 10.3. The molecule has 2 heterocycles. The minimum absolute atomic E-state index is 0.175. The summed E-state index contributed by atoms with van der Waals surface area (Å²) in [5, 5.41) is 17.5. The number of carbonyl (C=O) groups excluding carboxylic acids is 1. The van der Waals surface area contributed by atoms with Crippen LogP contribution in [-0.2, 0) is 0 Å². The summed E-state index contributed by atoms with van der Waals surface area (Å²) in [6.45, 7) is 0. The summed E-state index contributed by atoms with van der Waals surface area (Å²) in [5.74, 6) is 5.10. The van der Waals surface area contributed by atoms with Crippen LogP contribution in [0.3, 0.4) is 0 Å². The van der Waals surface area contributed by atoms with Crippen molar-refractivity contribution in [2.24, 2.45) is 5.84 Å². The minimum atomic E-state index is -0.396. The molecule has 0 spiro atoms. The lowest BCUT2D eigenvalue weighted by Gasteiger charge is -2.00. The van der Waals surface area contributed by atoms with Crippen LogP contribution in [0.2, 0.25) is 0 Å². The Morgan fingerprint density at radius 2 is 2.19 bits per heavy atom. The van der Waals surface area contributed by atoms with E-state index in [1.807, 2.05) is 0 Å². The van der Waals surface area contributed by atoms with Gasteiger partial charge in [0.15, 0.2) is 11.5 Å². The third-order valence-electron chi connectivity index (χ3n) is 1.63. The number of amides is 1. The number of rotatable bonds is 3. The predicted octanol–water partition coefficient (Wildman–Crippen LogP) is -0.134. The quantitative estimate of drug-likeness (QED) is 0.502. The van der Waals surface area contributed by atoms with E-state index in [9.17, 15) is 4.79 Å². The summed E-state index contributed by atoms with van der Waals surface area (Å²) in [6, 6.07) is 3.04. The molecule has 82 valence electrons. The summed E-state index contributed by atoms with van der Waals surface area (Å²) in [7, 11) is 0. The molecule has 8 nitrogen and oxygen atoms in total. The molecule has 2 aromatic rings. The van der Waals surface area contributed by atoms with Gasteiger partial charge >= 0.3 is 0 Å². The number of hydrogen-bond acceptors (Lipinski definition) is 8. The topological polar surface area (TPSA) is 119 Å². The van der Waals surface area contributed by atoms with E-state index in [1.54, 1.807) is 6.07 Å². The van der Waals surface area contributed by atoms with Gasteiger partial charge in [-0.2, -0.15) is 0 Å². The van der Waals surface area contributed by atoms with E-state index in [0.717, 1.165) is 0 Å². The van der Waals surface area contributed by atoms with Crippen molar-refractivity contribution in [2.45, 2.75) is 0 Å². The second-order valence-electron chi connectivity index (χ2n) is 2.65. The first-order chi connectivity index (χ1) is 7.79. The molecule has 0 aliphatic heterocycles. The number of nitrogen functional groups attached to an aromatic ring is 1. The SMILES string of the molecule is NNc1ccc(C(=O)Nc2nncs2)nn1. The van der Waals surface area contributed by atoms with E-state index in [0.29, 0.717) is 10.9 Å². The Morgan fingerprint density at radius 1 is 1.31 bits per heavy atom. The molecule has 16 heavy (non-hydrogen) atoms. The molecule has 2 rings (SSSR count). The fraction of sp³-hybridized carbons (Fsp3) is 0. The molecule has 1 amide bonds. The highest BCUT2D eigenvalue weighted by molar-refractivity contribution is 7.13. The lowest BCUT2D eigenvalue weighted by molar-refractivity contribution is 0.102. The molecule has 9 heteroatoms. The molecule has 0 radical (unpaired) electrons. The highest BCUT2D eigenvalue weighted by atomic mass is 32.1. The maximum Gasteiger partial charge on any atom is 0.278 e. The average Bonchev–Trinajstić information content (AvgIpc) is 2.82. The fourth-order valence-electron chi connectivity index (χ4n) is 0.919. The van der Waals surface area contributed by atoms with Crippen molar-refractivity contribution in [1.29, 1.82) is 0 Å². The number of aromatic nitrogens is 4. The highest BCUT2D eigenvalue weighted by Gasteiger charge is 2.09. The smallest absolute Gasteiger partial charge is 0.278 e. The molecule has 0 aliphatic carbocycles. The number of nitrogens with one attached hydrogen (secondary N) is 2. The molecule has 0 aliphatic rings. The van der Waals surface area contributed by atoms with Crippen molar-refractivity contribution in [3.05, 3.63) is 23.3 Å². The minimum Gasteiger partial charge on any atom is -0.307 e. The first kappa shape index (κ1) is 10.4. The Labute approximate surface area is 93.9 Å². The summed E-state index contributed by atoms with van der Waals surface area (Å²) in [4.78, 5) is 11.6. The zero-order valence-electron chi connectivity index (χ0n) is 7.91. The Hall–Kier alpha value is -2.13. The van der Waals surface area contributed by atoms with E-state index in [1.165, 1.54) is 22.9 Å². The Bertz CT molecular complexity index is 468. The van der Waals surface area contributed by atoms with Crippen LogP contribution in [0.4, 0.5) is 10.9 Å². The maximum absolute atomic E-state index is 11.6. The second-order valence-corrected chi connectivity index (χ2v) is 3.48. The van der Waals surface area contributed by atoms with Gasteiger partial charge in [-0.3, -0.25) is 10.1 Å². The van der Waals surface area contributed by atoms with Crippen LogP contribution in [0.25, 0.3) is 0 Å². The zero-order chi connectivity index (χ0) is 11.4. The summed E-state index contributed by atoms with van der Waals surface area (Å²) < 4.78 is 0. The third kappa shape index (κ3) is 2.27. The van der Waals surface area contributed by atoms with Gasteiger partial charge in [0, 0.05) is 0 Å². The molecule has 0 aromatic carbocycles. The van der Waals surface area contributed by atoms with Gasteiger partial charge in [0.25, 0.3) is 5.91 Å². The average molecular weight is 237 g/mol.